The number of hydrogen-bond donors (Lipinski definition) is 0. The van der Waals surface area contributed by atoms with E-state index in [0.29, 0.717) is 0 Å². The molecule has 0 aliphatic rings. The van der Waals surface area contributed by atoms with Gasteiger partial charge in [0.1, 0.15) is 5.82 Å². The van der Waals surface area contributed by atoms with Crippen LogP contribution in [0.4, 0.5) is 5.82 Å². The molecule has 0 saturated carbocycles. The Bertz CT molecular complexity index is 478. The Morgan fingerprint density at radius 3 is 2.65 bits per heavy atom. The molecule has 0 amide bonds. The zero-order valence-electron chi connectivity index (χ0n) is 9.97. The lowest BCUT2D eigenvalue weighted by atomic mass is 10.3. The van der Waals surface area contributed by atoms with Gasteiger partial charge in [0.15, 0.2) is 0 Å². The molecular formula is C12H15BrN4. The van der Waals surface area contributed by atoms with Crippen LogP contribution in [0.15, 0.2) is 30.7 Å². The van der Waals surface area contributed by atoms with Crippen molar-refractivity contribution in [3.63, 3.8) is 0 Å². The second-order valence-corrected chi connectivity index (χ2v) is 4.60. The Kier molecular flexibility index (Phi) is 3.78. The molecule has 2 aromatic rings. The molecule has 0 fully saturated rings. The van der Waals surface area contributed by atoms with E-state index in [1.165, 1.54) is 11.1 Å². The van der Waals surface area contributed by atoms with Crippen molar-refractivity contribution in [1.82, 2.24) is 14.8 Å². The van der Waals surface area contributed by atoms with Gasteiger partial charge in [-0.1, -0.05) is 22.0 Å². The van der Waals surface area contributed by atoms with Crippen molar-refractivity contribution >= 4 is 21.7 Å². The number of aryl methyl sites for hydroxylation is 1. The van der Waals surface area contributed by atoms with Crippen molar-refractivity contribution in [2.45, 2.75) is 11.9 Å². The number of halogens is 1. The summed E-state index contributed by atoms with van der Waals surface area (Å²) < 4.78 is 1.81. The van der Waals surface area contributed by atoms with E-state index >= 15 is 0 Å². The average Bonchev–Trinajstić information content (AvgIpc) is 2.75. The second kappa shape index (κ2) is 5.31. The SMILES string of the molecule is CN(Cc1cnn(C)c1)c1ccc(CBr)cn1. The van der Waals surface area contributed by atoms with Gasteiger partial charge in [0.25, 0.3) is 0 Å². The Morgan fingerprint density at radius 2 is 2.12 bits per heavy atom. The maximum atomic E-state index is 4.42. The van der Waals surface area contributed by atoms with Crippen LogP contribution in [-0.4, -0.2) is 21.8 Å². The molecule has 0 aliphatic heterocycles. The molecule has 0 spiro atoms. The number of hydrogen-bond acceptors (Lipinski definition) is 3. The largest absolute Gasteiger partial charge is 0.355 e. The van der Waals surface area contributed by atoms with Crippen LogP contribution >= 0.6 is 15.9 Å². The lowest BCUT2D eigenvalue weighted by Gasteiger charge is -2.17. The lowest BCUT2D eigenvalue weighted by Crippen LogP contribution is -2.17. The fourth-order valence-electron chi connectivity index (χ4n) is 1.63. The predicted octanol–water partition coefficient (Wildman–Crippen LogP) is 2.35. The molecule has 0 aromatic carbocycles. The van der Waals surface area contributed by atoms with Gasteiger partial charge in [-0.05, 0) is 11.6 Å². The molecule has 2 rings (SSSR count). The zero-order valence-corrected chi connectivity index (χ0v) is 11.6. The minimum atomic E-state index is 0.814. The molecule has 0 saturated heterocycles. The molecule has 0 aliphatic carbocycles. The highest BCUT2D eigenvalue weighted by Gasteiger charge is 2.04. The first-order valence-corrected chi connectivity index (χ1v) is 6.51. The summed E-state index contributed by atoms with van der Waals surface area (Å²) in [6, 6.07) is 4.11. The number of nitrogens with zero attached hydrogens (tertiary/aromatic N) is 4. The number of pyridine rings is 1. The van der Waals surface area contributed by atoms with Gasteiger partial charge in [0.2, 0.25) is 0 Å². The summed E-state index contributed by atoms with van der Waals surface area (Å²) in [5, 5.41) is 4.99. The summed E-state index contributed by atoms with van der Waals surface area (Å²) in [5.41, 5.74) is 2.37. The van der Waals surface area contributed by atoms with Crippen LogP contribution in [0.3, 0.4) is 0 Å². The van der Waals surface area contributed by atoms with Gasteiger partial charge in [0.05, 0.1) is 6.20 Å². The molecule has 5 heteroatoms. The highest BCUT2D eigenvalue weighted by molar-refractivity contribution is 9.08. The molecule has 2 heterocycles. The van der Waals surface area contributed by atoms with E-state index in [9.17, 15) is 0 Å². The van der Waals surface area contributed by atoms with Gasteiger partial charge in [-0.15, -0.1) is 0 Å². The van der Waals surface area contributed by atoms with Crippen LogP contribution in [0.25, 0.3) is 0 Å². The summed E-state index contributed by atoms with van der Waals surface area (Å²) in [6.45, 7) is 0.814. The maximum Gasteiger partial charge on any atom is 0.128 e. The normalized spacial score (nSPS) is 10.5. The van der Waals surface area contributed by atoms with Crippen molar-refractivity contribution in [3.05, 3.63) is 41.9 Å². The molecule has 0 bridgehead atoms. The summed E-state index contributed by atoms with van der Waals surface area (Å²) in [5.74, 6) is 0.971. The third-order valence-corrected chi connectivity index (χ3v) is 3.18. The van der Waals surface area contributed by atoms with Gasteiger partial charge in [-0.2, -0.15) is 5.10 Å². The third kappa shape index (κ3) is 3.06. The standard InChI is InChI=1S/C12H15BrN4/c1-16(8-11-7-15-17(2)9-11)12-4-3-10(5-13)6-14-12/h3-4,6-7,9H,5,8H2,1-2H3. The van der Waals surface area contributed by atoms with Crippen LogP contribution in [0.2, 0.25) is 0 Å². The molecule has 17 heavy (non-hydrogen) atoms. The van der Waals surface area contributed by atoms with E-state index in [4.69, 9.17) is 0 Å². The summed E-state index contributed by atoms with van der Waals surface area (Å²) in [6.07, 6.45) is 5.79. The molecule has 4 nitrogen and oxygen atoms in total. The average molecular weight is 295 g/mol. The van der Waals surface area contributed by atoms with E-state index in [-0.39, 0.29) is 0 Å². The molecule has 90 valence electrons. The van der Waals surface area contributed by atoms with Gasteiger partial charge in [-0.3, -0.25) is 4.68 Å². The minimum Gasteiger partial charge on any atom is -0.355 e. The van der Waals surface area contributed by atoms with Gasteiger partial charge in [-0.25, -0.2) is 4.98 Å². The van der Waals surface area contributed by atoms with E-state index in [1.54, 1.807) is 0 Å². The molecule has 0 radical (unpaired) electrons. The van der Waals surface area contributed by atoms with Crippen molar-refractivity contribution in [1.29, 1.82) is 0 Å². The van der Waals surface area contributed by atoms with Crippen molar-refractivity contribution in [3.8, 4) is 0 Å². The maximum absolute atomic E-state index is 4.42. The Balaban J connectivity index is 2.06. The van der Waals surface area contributed by atoms with Crippen molar-refractivity contribution in [2.75, 3.05) is 11.9 Å². The van der Waals surface area contributed by atoms with Gasteiger partial charge < -0.3 is 4.90 Å². The molecule has 0 unspecified atom stereocenters. The first-order valence-electron chi connectivity index (χ1n) is 5.38. The number of anilines is 1. The van der Waals surface area contributed by atoms with E-state index in [0.717, 1.165) is 17.7 Å². The third-order valence-electron chi connectivity index (χ3n) is 2.53. The fourth-order valence-corrected chi connectivity index (χ4v) is 1.96. The van der Waals surface area contributed by atoms with E-state index in [2.05, 4.69) is 37.0 Å². The van der Waals surface area contributed by atoms with Crippen LogP contribution in [0.1, 0.15) is 11.1 Å². The van der Waals surface area contributed by atoms with Crippen LogP contribution < -0.4 is 4.90 Å². The monoisotopic (exact) mass is 294 g/mol. The van der Waals surface area contributed by atoms with Gasteiger partial charge >= 0.3 is 0 Å². The molecular weight excluding hydrogens is 280 g/mol. The molecule has 2 aromatic heterocycles. The highest BCUT2D eigenvalue weighted by atomic mass is 79.9. The quantitative estimate of drug-likeness (QED) is 0.812. The minimum absolute atomic E-state index is 0.814. The lowest BCUT2D eigenvalue weighted by molar-refractivity contribution is 0.766. The van der Waals surface area contributed by atoms with Crippen LogP contribution in [0, 0.1) is 0 Å². The fraction of sp³-hybridized carbons (Fsp3) is 0.333. The summed E-state index contributed by atoms with van der Waals surface area (Å²) in [4.78, 5) is 6.53. The number of rotatable bonds is 4. The Morgan fingerprint density at radius 1 is 1.29 bits per heavy atom. The molecule has 0 N–H and O–H groups in total. The van der Waals surface area contributed by atoms with E-state index < -0.39 is 0 Å². The first kappa shape index (κ1) is 12.1. The molecule has 0 atom stereocenters. The topological polar surface area (TPSA) is 34.0 Å². The summed E-state index contributed by atoms with van der Waals surface area (Å²) in [7, 11) is 3.95. The summed E-state index contributed by atoms with van der Waals surface area (Å²) >= 11 is 3.41. The van der Waals surface area contributed by atoms with Crippen LogP contribution in [0.5, 0.6) is 0 Å². The van der Waals surface area contributed by atoms with Gasteiger partial charge in [0, 0.05) is 43.9 Å². The highest BCUT2D eigenvalue weighted by Crippen LogP contribution is 2.13. The Hall–Kier alpha value is -1.36. The predicted molar refractivity (Wildman–Crippen MR) is 72.2 cm³/mol. The van der Waals surface area contributed by atoms with Crippen molar-refractivity contribution in [2.24, 2.45) is 7.05 Å². The van der Waals surface area contributed by atoms with Crippen LogP contribution in [-0.2, 0) is 18.9 Å². The van der Waals surface area contributed by atoms with Crippen molar-refractivity contribution < 1.29 is 0 Å². The Labute approximate surface area is 109 Å². The number of alkyl halides is 1. The zero-order chi connectivity index (χ0) is 12.3. The number of aromatic nitrogens is 3. The van der Waals surface area contributed by atoms with E-state index in [1.807, 2.05) is 43.4 Å². The smallest absolute Gasteiger partial charge is 0.128 e. The second-order valence-electron chi connectivity index (χ2n) is 4.04. The first-order chi connectivity index (χ1) is 8.19.